The van der Waals surface area contributed by atoms with E-state index in [1.807, 2.05) is 12.1 Å². The lowest BCUT2D eigenvalue weighted by Crippen LogP contribution is -2.43. The Morgan fingerprint density at radius 1 is 1.19 bits per heavy atom. The number of anilines is 1. The van der Waals surface area contributed by atoms with Gasteiger partial charge in [0.05, 0.1) is 14.2 Å². The molecule has 1 aromatic rings. The fourth-order valence-corrected chi connectivity index (χ4v) is 2.99. The molecule has 2 N–H and O–H groups in total. The van der Waals surface area contributed by atoms with Gasteiger partial charge in [-0.1, -0.05) is 12.1 Å². The molecule has 0 bridgehead atoms. The lowest BCUT2D eigenvalue weighted by Gasteiger charge is -2.20. The highest BCUT2D eigenvalue weighted by Gasteiger charge is 2.22. The predicted molar refractivity (Wildman–Crippen MR) is 96.8 cm³/mol. The number of hydrogen-bond acceptors (Lipinski definition) is 6. The zero-order chi connectivity index (χ0) is 18.9. The molecule has 0 spiro atoms. The summed E-state index contributed by atoms with van der Waals surface area (Å²) in [5.74, 6) is -1.13. The molecule has 0 radical (unpaired) electrons. The number of nitrogens with one attached hydrogen (secondary N) is 2. The molecule has 2 rings (SSSR count). The number of carbonyl (C=O) groups is 3. The fourth-order valence-electron chi connectivity index (χ4n) is 2.99. The molecular formula is C19H26N2O5. The van der Waals surface area contributed by atoms with E-state index in [2.05, 4.69) is 21.4 Å². The maximum absolute atomic E-state index is 12.1. The van der Waals surface area contributed by atoms with Crippen molar-refractivity contribution in [3.05, 3.63) is 29.3 Å². The van der Waals surface area contributed by atoms with Gasteiger partial charge in [-0.2, -0.15) is 0 Å². The van der Waals surface area contributed by atoms with Gasteiger partial charge in [0.1, 0.15) is 6.04 Å². The second kappa shape index (κ2) is 9.79. The number of esters is 2. The summed E-state index contributed by atoms with van der Waals surface area (Å²) in [7, 11) is 2.61. The van der Waals surface area contributed by atoms with E-state index in [4.69, 9.17) is 4.74 Å². The summed E-state index contributed by atoms with van der Waals surface area (Å²) < 4.78 is 9.36. The average molecular weight is 362 g/mol. The third kappa shape index (κ3) is 5.75. The van der Waals surface area contributed by atoms with Crippen molar-refractivity contribution >= 4 is 23.5 Å². The van der Waals surface area contributed by atoms with Gasteiger partial charge in [0.25, 0.3) is 0 Å². The minimum absolute atomic E-state index is 0.150. The van der Waals surface area contributed by atoms with Crippen LogP contribution in [0.1, 0.15) is 36.8 Å². The Labute approximate surface area is 153 Å². The highest BCUT2D eigenvalue weighted by atomic mass is 16.5. The van der Waals surface area contributed by atoms with Crippen LogP contribution < -0.4 is 10.6 Å². The van der Waals surface area contributed by atoms with Crippen LogP contribution in [-0.4, -0.2) is 44.7 Å². The van der Waals surface area contributed by atoms with Crippen molar-refractivity contribution < 1.29 is 23.9 Å². The van der Waals surface area contributed by atoms with Crippen molar-refractivity contribution in [3.8, 4) is 0 Å². The van der Waals surface area contributed by atoms with Crippen molar-refractivity contribution in [1.29, 1.82) is 0 Å². The lowest BCUT2D eigenvalue weighted by molar-refractivity contribution is -0.145. The molecule has 0 saturated carbocycles. The van der Waals surface area contributed by atoms with Gasteiger partial charge in [0, 0.05) is 31.5 Å². The largest absolute Gasteiger partial charge is 0.469 e. The molecule has 1 aliphatic rings. The van der Waals surface area contributed by atoms with Crippen LogP contribution in [0.15, 0.2) is 18.2 Å². The zero-order valence-electron chi connectivity index (χ0n) is 15.3. The fraction of sp³-hybridized carbons (Fsp3) is 0.526. The minimum atomic E-state index is -0.750. The highest BCUT2D eigenvalue weighted by Crippen LogP contribution is 2.23. The summed E-state index contributed by atoms with van der Waals surface area (Å²) in [6, 6.07) is 5.29. The van der Waals surface area contributed by atoms with Crippen LogP contribution in [-0.2, 0) is 36.7 Å². The molecule has 0 aromatic heterocycles. The summed E-state index contributed by atoms with van der Waals surface area (Å²) in [6.07, 6.45) is 3.13. The SMILES string of the molecule is COC(=O)CCCC(=O)N[C@H](Cc1ccc2c(c1)CCCN2)C(=O)OC. The van der Waals surface area contributed by atoms with Gasteiger partial charge in [-0.05, 0) is 36.5 Å². The molecule has 26 heavy (non-hydrogen) atoms. The third-order valence-electron chi connectivity index (χ3n) is 4.38. The van der Waals surface area contributed by atoms with Gasteiger partial charge in [-0.15, -0.1) is 0 Å². The van der Waals surface area contributed by atoms with Crippen molar-refractivity contribution in [2.45, 2.75) is 44.6 Å². The van der Waals surface area contributed by atoms with E-state index in [0.29, 0.717) is 12.8 Å². The van der Waals surface area contributed by atoms with E-state index in [1.54, 1.807) is 0 Å². The van der Waals surface area contributed by atoms with E-state index < -0.39 is 12.0 Å². The number of hydrogen-bond donors (Lipinski definition) is 2. The zero-order valence-corrected chi connectivity index (χ0v) is 15.3. The Bertz CT molecular complexity index is 659. The molecular weight excluding hydrogens is 336 g/mol. The predicted octanol–water partition coefficient (Wildman–Crippen LogP) is 1.59. The van der Waals surface area contributed by atoms with E-state index in [9.17, 15) is 14.4 Å². The first-order valence-corrected chi connectivity index (χ1v) is 8.83. The van der Waals surface area contributed by atoms with Crippen molar-refractivity contribution in [1.82, 2.24) is 5.32 Å². The van der Waals surface area contributed by atoms with E-state index in [-0.39, 0.29) is 24.7 Å². The maximum atomic E-state index is 12.1. The molecule has 1 aliphatic heterocycles. The lowest BCUT2D eigenvalue weighted by atomic mass is 9.97. The van der Waals surface area contributed by atoms with E-state index in [0.717, 1.165) is 30.6 Å². The van der Waals surface area contributed by atoms with Crippen LogP contribution in [0.4, 0.5) is 5.69 Å². The van der Waals surface area contributed by atoms with Crippen LogP contribution in [0.25, 0.3) is 0 Å². The standard InChI is InChI=1S/C19H26N2O5/c1-25-18(23)7-3-6-17(22)21-16(19(24)26-2)12-13-8-9-15-14(11-13)5-4-10-20-15/h8-9,11,16,20H,3-7,10,12H2,1-2H3,(H,21,22)/t16-/m1/s1. The molecule has 142 valence electrons. The first-order chi connectivity index (χ1) is 12.5. The van der Waals surface area contributed by atoms with E-state index in [1.165, 1.54) is 19.8 Å². The van der Waals surface area contributed by atoms with Crippen molar-refractivity contribution in [2.24, 2.45) is 0 Å². The van der Waals surface area contributed by atoms with Crippen molar-refractivity contribution in [3.63, 3.8) is 0 Å². The molecule has 1 atom stereocenters. The van der Waals surface area contributed by atoms with Crippen LogP contribution in [0.5, 0.6) is 0 Å². The van der Waals surface area contributed by atoms with Crippen molar-refractivity contribution in [2.75, 3.05) is 26.1 Å². The number of aryl methyl sites for hydroxylation is 1. The highest BCUT2D eigenvalue weighted by molar-refractivity contribution is 5.85. The number of rotatable bonds is 8. The van der Waals surface area contributed by atoms with Crippen LogP contribution in [0.3, 0.4) is 0 Å². The Balaban J connectivity index is 1.95. The van der Waals surface area contributed by atoms with Crippen LogP contribution in [0, 0.1) is 0 Å². The number of amides is 1. The monoisotopic (exact) mass is 362 g/mol. The first-order valence-electron chi connectivity index (χ1n) is 8.83. The quantitative estimate of drug-likeness (QED) is 0.682. The number of benzene rings is 1. The van der Waals surface area contributed by atoms with E-state index >= 15 is 0 Å². The number of methoxy groups -OCH3 is 2. The molecule has 0 unspecified atom stereocenters. The molecule has 7 heteroatoms. The molecule has 1 amide bonds. The van der Waals surface area contributed by atoms with Gasteiger partial charge in [-0.3, -0.25) is 9.59 Å². The molecule has 1 heterocycles. The minimum Gasteiger partial charge on any atom is -0.469 e. The maximum Gasteiger partial charge on any atom is 0.328 e. The Morgan fingerprint density at radius 2 is 2.00 bits per heavy atom. The number of ether oxygens (including phenoxy) is 2. The topological polar surface area (TPSA) is 93.7 Å². The molecule has 7 nitrogen and oxygen atoms in total. The van der Waals surface area contributed by atoms with Gasteiger partial charge in [-0.25, -0.2) is 4.79 Å². The first kappa shape index (κ1) is 19.8. The molecule has 0 aliphatic carbocycles. The molecule has 1 aromatic carbocycles. The van der Waals surface area contributed by atoms with Gasteiger partial charge in [0.15, 0.2) is 0 Å². The van der Waals surface area contributed by atoms with Gasteiger partial charge >= 0.3 is 11.9 Å². The Hall–Kier alpha value is -2.57. The summed E-state index contributed by atoms with van der Waals surface area (Å²) >= 11 is 0. The Kier molecular flexibility index (Phi) is 7.44. The second-order valence-electron chi connectivity index (χ2n) is 6.30. The summed E-state index contributed by atoms with van der Waals surface area (Å²) in [5.41, 5.74) is 3.32. The third-order valence-corrected chi connectivity index (χ3v) is 4.38. The average Bonchev–Trinajstić information content (AvgIpc) is 2.66. The summed E-state index contributed by atoms with van der Waals surface area (Å²) in [6.45, 7) is 0.971. The normalized spacial score (nSPS) is 13.8. The molecule has 0 fully saturated rings. The summed E-state index contributed by atoms with van der Waals surface area (Å²) in [4.78, 5) is 35.2. The van der Waals surface area contributed by atoms with Gasteiger partial charge < -0.3 is 20.1 Å². The number of fused-ring (bicyclic) bond motifs is 1. The van der Waals surface area contributed by atoms with Crippen LogP contribution >= 0.6 is 0 Å². The smallest absolute Gasteiger partial charge is 0.328 e. The molecule has 0 saturated heterocycles. The van der Waals surface area contributed by atoms with Gasteiger partial charge in [0.2, 0.25) is 5.91 Å². The Morgan fingerprint density at radius 3 is 2.73 bits per heavy atom. The summed E-state index contributed by atoms with van der Waals surface area (Å²) in [5, 5.41) is 6.05. The number of carbonyl (C=O) groups excluding carboxylic acids is 3. The van der Waals surface area contributed by atoms with Crippen LogP contribution in [0.2, 0.25) is 0 Å². The second-order valence-corrected chi connectivity index (χ2v) is 6.30.